The Labute approximate surface area is 82.5 Å². The summed E-state index contributed by atoms with van der Waals surface area (Å²) < 4.78 is 4.93. The maximum Gasteiger partial charge on any atom is 0.230 e. The zero-order valence-corrected chi connectivity index (χ0v) is 8.24. The Morgan fingerprint density at radius 1 is 1.21 bits per heavy atom. The molecule has 0 aliphatic rings. The third kappa shape index (κ3) is 1.27. The van der Waals surface area contributed by atoms with Crippen molar-refractivity contribution in [3.05, 3.63) is 35.5 Å². The second-order valence-electron chi connectivity index (χ2n) is 3.32. The van der Waals surface area contributed by atoms with Gasteiger partial charge in [-0.1, -0.05) is 29.4 Å². The lowest BCUT2D eigenvalue weighted by Crippen LogP contribution is -1.88. The highest BCUT2D eigenvalue weighted by molar-refractivity contribution is 5.77. The van der Waals surface area contributed by atoms with Crippen molar-refractivity contribution in [2.75, 3.05) is 5.73 Å². The van der Waals surface area contributed by atoms with E-state index in [9.17, 15) is 0 Å². The van der Waals surface area contributed by atoms with E-state index < -0.39 is 0 Å². The minimum atomic E-state index is 0.386. The van der Waals surface area contributed by atoms with Gasteiger partial charge in [0.2, 0.25) is 5.88 Å². The topological polar surface area (TPSA) is 52.0 Å². The molecule has 0 saturated heterocycles. The fourth-order valence-electron chi connectivity index (χ4n) is 1.57. The Kier molecular flexibility index (Phi) is 2.00. The van der Waals surface area contributed by atoms with Gasteiger partial charge in [-0.15, -0.1) is 0 Å². The number of rotatable bonds is 1. The number of hydrogen-bond donors (Lipinski definition) is 1. The first-order valence-corrected chi connectivity index (χ1v) is 4.48. The zero-order chi connectivity index (χ0) is 10.1. The van der Waals surface area contributed by atoms with Gasteiger partial charge < -0.3 is 10.3 Å². The minimum absolute atomic E-state index is 0.386. The molecule has 0 fully saturated rings. The van der Waals surface area contributed by atoms with Crippen molar-refractivity contribution in [3.63, 3.8) is 0 Å². The lowest BCUT2D eigenvalue weighted by Gasteiger charge is -2.03. The van der Waals surface area contributed by atoms with Crippen molar-refractivity contribution >= 4 is 5.88 Å². The van der Waals surface area contributed by atoms with E-state index >= 15 is 0 Å². The van der Waals surface area contributed by atoms with Crippen LogP contribution in [0.3, 0.4) is 0 Å². The molecule has 0 bridgehead atoms. The van der Waals surface area contributed by atoms with Gasteiger partial charge in [0.25, 0.3) is 0 Å². The van der Waals surface area contributed by atoms with Gasteiger partial charge >= 0.3 is 0 Å². The SMILES string of the molecule is Cc1ccccc1-c1c(C)noc1N. The average Bonchev–Trinajstić information content (AvgIpc) is 2.48. The van der Waals surface area contributed by atoms with Crippen LogP contribution in [0, 0.1) is 13.8 Å². The van der Waals surface area contributed by atoms with Crippen LogP contribution in [0.15, 0.2) is 28.8 Å². The summed E-state index contributed by atoms with van der Waals surface area (Å²) in [6.45, 7) is 3.93. The van der Waals surface area contributed by atoms with Crippen LogP contribution in [0.1, 0.15) is 11.3 Å². The quantitative estimate of drug-likeness (QED) is 0.748. The van der Waals surface area contributed by atoms with Crippen LogP contribution >= 0.6 is 0 Å². The third-order valence-corrected chi connectivity index (χ3v) is 2.30. The molecule has 1 aromatic carbocycles. The highest BCUT2D eigenvalue weighted by Crippen LogP contribution is 2.31. The average molecular weight is 188 g/mol. The first-order valence-electron chi connectivity index (χ1n) is 4.48. The highest BCUT2D eigenvalue weighted by atomic mass is 16.5. The van der Waals surface area contributed by atoms with Crippen molar-refractivity contribution in [3.8, 4) is 11.1 Å². The summed E-state index contributed by atoms with van der Waals surface area (Å²) in [7, 11) is 0. The van der Waals surface area contributed by atoms with E-state index in [2.05, 4.69) is 5.16 Å². The van der Waals surface area contributed by atoms with E-state index in [1.165, 1.54) is 5.56 Å². The zero-order valence-electron chi connectivity index (χ0n) is 8.24. The maximum atomic E-state index is 5.71. The Bertz CT molecular complexity index is 441. The molecule has 0 atom stereocenters. The Morgan fingerprint density at radius 2 is 1.93 bits per heavy atom. The predicted molar refractivity (Wildman–Crippen MR) is 55.8 cm³/mol. The standard InChI is InChI=1S/C11H12N2O/c1-7-5-3-4-6-9(7)10-8(2)13-14-11(10)12/h3-6H,12H2,1-2H3. The fourth-order valence-corrected chi connectivity index (χ4v) is 1.57. The number of nitrogens with zero attached hydrogens (tertiary/aromatic N) is 1. The molecule has 2 aromatic rings. The molecule has 1 heterocycles. The molecule has 0 radical (unpaired) electrons. The lowest BCUT2D eigenvalue weighted by molar-refractivity contribution is 0.431. The van der Waals surface area contributed by atoms with Crippen molar-refractivity contribution < 1.29 is 4.52 Å². The third-order valence-electron chi connectivity index (χ3n) is 2.30. The van der Waals surface area contributed by atoms with Crippen LogP contribution in [0.5, 0.6) is 0 Å². The maximum absolute atomic E-state index is 5.71. The van der Waals surface area contributed by atoms with Gasteiger partial charge in [-0.2, -0.15) is 0 Å². The second kappa shape index (κ2) is 3.18. The number of aromatic nitrogens is 1. The largest absolute Gasteiger partial charge is 0.367 e. The van der Waals surface area contributed by atoms with Crippen molar-refractivity contribution in [2.45, 2.75) is 13.8 Å². The molecule has 1 aromatic heterocycles. The van der Waals surface area contributed by atoms with Gasteiger partial charge in [0, 0.05) is 0 Å². The predicted octanol–water partition coefficient (Wildman–Crippen LogP) is 2.54. The molecule has 0 aliphatic carbocycles. The normalized spacial score (nSPS) is 10.4. The van der Waals surface area contributed by atoms with Gasteiger partial charge in [0.05, 0.1) is 11.3 Å². The number of anilines is 1. The molecule has 2 rings (SSSR count). The number of nitrogen functional groups attached to an aromatic ring is 1. The molecule has 14 heavy (non-hydrogen) atoms. The molecule has 0 unspecified atom stereocenters. The lowest BCUT2D eigenvalue weighted by atomic mass is 10.0. The van der Waals surface area contributed by atoms with Gasteiger partial charge in [-0.25, -0.2) is 0 Å². The molecular formula is C11H12N2O. The van der Waals surface area contributed by atoms with Crippen molar-refractivity contribution in [2.24, 2.45) is 0 Å². The van der Waals surface area contributed by atoms with Crippen LogP contribution < -0.4 is 5.73 Å². The van der Waals surface area contributed by atoms with E-state index in [1.54, 1.807) is 0 Å². The Morgan fingerprint density at radius 3 is 2.50 bits per heavy atom. The number of aryl methyl sites for hydroxylation is 2. The van der Waals surface area contributed by atoms with Crippen LogP contribution in [0.4, 0.5) is 5.88 Å². The number of benzene rings is 1. The molecule has 0 saturated carbocycles. The molecule has 0 aliphatic heterocycles. The summed E-state index contributed by atoms with van der Waals surface area (Å²) in [5.74, 6) is 0.386. The summed E-state index contributed by atoms with van der Waals surface area (Å²) in [5.41, 5.74) is 9.71. The van der Waals surface area contributed by atoms with E-state index in [0.29, 0.717) is 5.88 Å². The molecular weight excluding hydrogens is 176 g/mol. The van der Waals surface area contributed by atoms with Crippen LogP contribution in [-0.2, 0) is 0 Å². The number of hydrogen-bond acceptors (Lipinski definition) is 3. The Balaban J connectivity index is 2.66. The Hall–Kier alpha value is -1.77. The van der Waals surface area contributed by atoms with E-state index in [1.807, 2.05) is 38.1 Å². The van der Waals surface area contributed by atoms with Crippen LogP contribution in [0.2, 0.25) is 0 Å². The van der Waals surface area contributed by atoms with Gasteiger partial charge in [-0.3, -0.25) is 0 Å². The van der Waals surface area contributed by atoms with E-state index in [-0.39, 0.29) is 0 Å². The van der Waals surface area contributed by atoms with Crippen molar-refractivity contribution in [1.82, 2.24) is 5.16 Å². The first kappa shape index (κ1) is 8.81. The molecule has 72 valence electrons. The molecule has 0 spiro atoms. The van der Waals surface area contributed by atoms with Gasteiger partial charge in [0.15, 0.2) is 0 Å². The molecule has 2 N–H and O–H groups in total. The summed E-state index contributed by atoms with van der Waals surface area (Å²) in [6.07, 6.45) is 0. The second-order valence-corrected chi connectivity index (χ2v) is 3.32. The minimum Gasteiger partial charge on any atom is -0.367 e. The fraction of sp³-hybridized carbons (Fsp3) is 0.182. The molecule has 3 nitrogen and oxygen atoms in total. The van der Waals surface area contributed by atoms with Gasteiger partial charge in [0.1, 0.15) is 0 Å². The monoisotopic (exact) mass is 188 g/mol. The molecule has 0 amide bonds. The van der Waals surface area contributed by atoms with Crippen molar-refractivity contribution in [1.29, 1.82) is 0 Å². The summed E-state index contributed by atoms with van der Waals surface area (Å²) in [6, 6.07) is 8.04. The van der Waals surface area contributed by atoms with Crippen LogP contribution in [0.25, 0.3) is 11.1 Å². The number of nitrogens with two attached hydrogens (primary N) is 1. The summed E-state index contributed by atoms with van der Waals surface area (Å²) in [4.78, 5) is 0. The van der Waals surface area contributed by atoms with E-state index in [0.717, 1.165) is 16.8 Å². The van der Waals surface area contributed by atoms with E-state index in [4.69, 9.17) is 10.3 Å². The van der Waals surface area contributed by atoms with Gasteiger partial charge in [-0.05, 0) is 25.0 Å². The van der Waals surface area contributed by atoms with Crippen LogP contribution in [-0.4, -0.2) is 5.16 Å². The molecule has 3 heteroatoms. The highest BCUT2D eigenvalue weighted by Gasteiger charge is 2.13. The first-order chi connectivity index (χ1) is 6.70. The smallest absolute Gasteiger partial charge is 0.230 e. The summed E-state index contributed by atoms with van der Waals surface area (Å²) >= 11 is 0. The summed E-state index contributed by atoms with van der Waals surface area (Å²) in [5, 5.41) is 3.83.